The molecule has 1 saturated carbocycles. The van der Waals surface area contributed by atoms with Crippen LogP contribution in [0.1, 0.15) is 49.4 Å². The zero-order valence-corrected chi connectivity index (χ0v) is 14.5. The van der Waals surface area contributed by atoms with Crippen molar-refractivity contribution < 1.29 is 9.90 Å². The van der Waals surface area contributed by atoms with Crippen LogP contribution in [0.2, 0.25) is 5.02 Å². The number of rotatable bonds is 4. The quantitative estimate of drug-likeness (QED) is 0.831. The van der Waals surface area contributed by atoms with Gasteiger partial charge in [0.1, 0.15) is 0 Å². The van der Waals surface area contributed by atoms with E-state index in [1.165, 1.54) is 6.42 Å². The lowest BCUT2D eigenvalue weighted by atomic mass is 9.78. The number of nitrogens with one attached hydrogen (secondary N) is 1. The molecule has 0 spiro atoms. The van der Waals surface area contributed by atoms with Gasteiger partial charge in [0.2, 0.25) is 0 Å². The van der Waals surface area contributed by atoms with Gasteiger partial charge in [0.05, 0.1) is 10.6 Å². The maximum absolute atomic E-state index is 12.1. The zero-order chi connectivity index (χ0) is 15.5. The standard InChI is InChI=1S/C16H21BrClNO2/c1-2-11-5-7-16(21,8-6-11)10-19-15(20)12-3-4-14(18)13(17)9-12/h3-4,9,11,21H,2,5-8,10H2,1H3,(H,19,20). The van der Waals surface area contributed by atoms with Crippen LogP contribution < -0.4 is 5.32 Å². The van der Waals surface area contributed by atoms with Crippen LogP contribution in [0.5, 0.6) is 0 Å². The number of hydrogen-bond acceptors (Lipinski definition) is 2. The van der Waals surface area contributed by atoms with Crippen molar-refractivity contribution in [1.29, 1.82) is 0 Å². The summed E-state index contributed by atoms with van der Waals surface area (Å²) in [5.74, 6) is 0.534. The minimum atomic E-state index is -0.759. The highest BCUT2D eigenvalue weighted by Crippen LogP contribution is 2.33. The monoisotopic (exact) mass is 373 g/mol. The molecule has 1 aliphatic rings. The fourth-order valence-electron chi connectivity index (χ4n) is 2.78. The van der Waals surface area contributed by atoms with Crippen molar-refractivity contribution >= 4 is 33.4 Å². The Hall–Kier alpha value is -0.580. The molecule has 3 nitrogen and oxygen atoms in total. The maximum atomic E-state index is 12.1. The summed E-state index contributed by atoms with van der Waals surface area (Å²) in [7, 11) is 0. The van der Waals surface area contributed by atoms with Gasteiger partial charge in [-0.2, -0.15) is 0 Å². The first-order chi connectivity index (χ1) is 9.93. The molecule has 0 aromatic heterocycles. The summed E-state index contributed by atoms with van der Waals surface area (Å²) in [6.45, 7) is 2.50. The third-order valence-electron chi connectivity index (χ3n) is 4.37. The highest BCUT2D eigenvalue weighted by molar-refractivity contribution is 9.10. The summed E-state index contributed by atoms with van der Waals surface area (Å²) in [5.41, 5.74) is -0.220. The summed E-state index contributed by atoms with van der Waals surface area (Å²) >= 11 is 9.22. The lowest BCUT2D eigenvalue weighted by molar-refractivity contribution is -0.00786. The molecule has 1 aromatic carbocycles. The zero-order valence-electron chi connectivity index (χ0n) is 12.2. The Balaban J connectivity index is 1.90. The molecule has 0 aliphatic heterocycles. The molecule has 0 radical (unpaired) electrons. The Morgan fingerprint density at radius 1 is 1.48 bits per heavy atom. The molecule has 1 aromatic rings. The lowest BCUT2D eigenvalue weighted by Crippen LogP contribution is -2.45. The van der Waals surface area contributed by atoms with E-state index in [2.05, 4.69) is 28.2 Å². The van der Waals surface area contributed by atoms with Gasteiger partial charge in [-0.25, -0.2) is 0 Å². The lowest BCUT2D eigenvalue weighted by Gasteiger charge is -2.35. The van der Waals surface area contributed by atoms with E-state index in [0.29, 0.717) is 27.5 Å². The molecule has 1 aliphatic carbocycles. The highest BCUT2D eigenvalue weighted by atomic mass is 79.9. The molecule has 1 amide bonds. The Kier molecular flexibility index (Phi) is 5.69. The van der Waals surface area contributed by atoms with Crippen molar-refractivity contribution in [2.75, 3.05) is 6.54 Å². The third kappa shape index (κ3) is 4.44. The Morgan fingerprint density at radius 3 is 2.71 bits per heavy atom. The van der Waals surface area contributed by atoms with Crippen LogP contribution in [0.25, 0.3) is 0 Å². The van der Waals surface area contributed by atoms with Gasteiger partial charge in [-0.1, -0.05) is 24.9 Å². The molecule has 116 valence electrons. The van der Waals surface area contributed by atoms with Gasteiger partial charge in [0.25, 0.3) is 5.91 Å². The van der Waals surface area contributed by atoms with E-state index in [0.717, 1.165) is 25.7 Å². The van der Waals surface area contributed by atoms with Crippen LogP contribution in [0.4, 0.5) is 0 Å². The number of aliphatic hydroxyl groups is 1. The molecule has 0 saturated heterocycles. The number of amides is 1. The minimum Gasteiger partial charge on any atom is -0.388 e. The molecule has 21 heavy (non-hydrogen) atoms. The van der Waals surface area contributed by atoms with Crippen molar-refractivity contribution in [3.63, 3.8) is 0 Å². The summed E-state index contributed by atoms with van der Waals surface area (Å²) < 4.78 is 0.694. The predicted octanol–water partition coefficient (Wildman–Crippen LogP) is 4.16. The smallest absolute Gasteiger partial charge is 0.251 e. The number of benzene rings is 1. The molecule has 2 N–H and O–H groups in total. The molecule has 0 heterocycles. The Bertz CT molecular complexity index is 513. The maximum Gasteiger partial charge on any atom is 0.251 e. The minimum absolute atomic E-state index is 0.182. The Morgan fingerprint density at radius 2 is 2.14 bits per heavy atom. The van der Waals surface area contributed by atoms with Crippen LogP contribution in [-0.2, 0) is 0 Å². The van der Waals surface area contributed by atoms with E-state index in [9.17, 15) is 9.90 Å². The molecule has 5 heteroatoms. The number of carbonyl (C=O) groups excluding carboxylic acids is 1. The molecule has 0 bridgehead atoms. The predicted molar refractivity (Wildman–Crippen MR) is 88.7 cm³/mol. The fraction of sp³-hybridized carbons (Fsp3) is 0.562. The number of halogens is 2. The first-order valence-corrected chi connectivity index (χ1v) is 8.56. The first kappa shape index (κ1) is 16.8. The van der Waals surface area contributed by atoms with Gasteiger partial charge < -0.3 is 10.4 Å². The number of carbonyl (C=O) groups is 1. The SMILES string of the molecule is CCC1CCC(O)(CNC(=O)c2ccc(Cl)c(Br)c2)CC1. The molecule has 0 unspecified atom stereocenters. The topological polar surface area (TPSA) is 49.3 Å². The van der Waals surface area contributed by atoms with E-state index in [1.54, 1.807) is 18.2 Å². The average Bonchev–Trinajstić information content (AvgIpc) is 2.48. The molecule has 2 rings (SSSR count). The van der Waals surface area contributed by atoms with Crippen molar-refractivity contribution in [3.8, 4) is 0 Å². The van der Waals surface area contributed by atoms with Crippen molar-refractivity contribution in [1.82, 2.24) is 5.32 Å². The van der Waals surface area contributed by atoms with Crippen molar-refractivity contribution in [2.45, 2.75) is 44.6 Å². The van der Waals surface area contributed by atoms with E-state index in [1.807, 2.05) is 0 Å². The third-order valence-corrected chi connectivity index (χ3v) is 5.59. The molecular weight excluding hydrogens is 354 g/mol. The van der Waals surface area contributed by atoms with Gasteiger partial charge in [0, 0.05) is 16.6 Å². The summed E-state index contributed by atoms with van der Waals surface area (Å²) in [5, 5.41) is 13.9. The molecular formula is C16H21BrClNO2. The summed E-state index contributed by atoms with van der Waals surface area (Å²) in [4.78, 5) is 12.1. The normalized spacial score (nSPS) is 25.6. The number of hydrogen-bond donors (Lipinski definition) is 2. The molecule has 0 atom stereocenters. The summed E-state index contributed by atoms with van der Waals surface area (Å²) in [6.07, 6.45) is 4.76. The van der Waals surface area contributed by atoms with E-state index in [4.69, 9.17) is 11.6 Å². The Labute approximate surface area is 139 Å². The second kappa shape index (κ2) is 7.12. The van der Waals surface area contributed by atoms with Crippen LogP contribution in [0.15, 0.2) is 22.7 Å². The van der Waals surface area contributed by atoms with Gasteiger partial charge in [-0.05, 0) is 65.7 Å². The second-order valence-corrected chi connectivity index (χ2v) is 7.15. The second-order valence-electron chi connectivity index (χ2n) is 5.89. The van der Waals surface area contributed by atoms with Crippen molar-refractivity contribution in [2.24, 2.45) is 5.92 Å². The summed E-state index contributed by atoms with van der Waals surface area (Å²) in [6, 6.07) is 5.05. The van der Waals surface area contributed by atoms with E-state index >= 15 is 0 Å². The molecule has 1 fully saturated rings. The fourth-order valence-corrected chi connectivity index (χ4v) is 3.28. The van der Waals surface area contributed by atoms with Crippen LogP contribution in [0, 0.1) is 5.92 Å². The van der Waals surface area contributed by atoms with Crippen LogP contribution >= 0.6 is 27.5 Å². The first-order valence-electron chi connectivity index (χ1n) is 7.39. The van der Waals surface area contributed by atoms with Gasteiger partial charge in [0.15, 0.2) is 0 Å². The average molecular weight is 375 g/mol. The largest absolute Gasteiger partial charge is 0.388 e. The van der Waals surface area contributed by atoms with Gasteiger partial charge >= 0.3 is 0 Å². The van der Waals surface area contributed by atoms with E-state index in [-0.39, 0.29) is 5.91 Å². The van der Waals surface area contributed by atoms with Crippen LogP contribution in [-0.4, -0.2) is 23.2 Å². The van der Waals surface area contributed by atoms with Gasteiger partial charge in [-0.3, -0.25) is 4.79 Å². The highest BCUT2D eigenvalue weighted by Gasteiger charge is 2.32. The van der Waals surface area contributed by atoms with Crippen LogP contribution in [0.3, 0.4) is 0 Å². The van der Waals surface area contributed by atoms with Crippen molar-refractivity contribution in [3.05, 3.63) is 33.3 Å². The van der Waals surface area contributed by atoms with E-state index < -0.39 is 5.60 Å². The van der Waals surface area contributed by atoms with Gasteiger partial charge in [-0.15, -0.1) is 0 Å².